The van der Waals surface area contributed by atoms with Crippen LogP contribution in [0.25, 0.3) is 0 Å². The van der Waals surface area contributed by atoms with Gasteiger partial charge in [-0.2, -0.15) is 0 Å². The van der Waals surface area contributed by atoms with Crippen molar-refractivity contribution >= 4 is 5.71 Å². The maximum Gasteiger partial charge on any atom is 0.0276 e. The fourth-order valence-corrected chi connectivity index (χ4v) is 0.500. The summed E-state index contributed by atoms with van der Waals surface area (Å²) in [5.41, 5.74) is 1.13. The van der Waals surface area contributed by atoms with Crippen LogP contribution < -0.4 is 0 Å². The molecular weight excluding hydrogens is 134 g/mol. The van der Waals surface area contributed by atoms with Crippen LogP contribution in [0.3, 0.4) is 0 Å². The second-order valence-corrected chi connectivity index (χ2v) is 2.88. The Labute approximate surface area is 71.9 Å². The van der Waals surface area contributed by atoms with Gasteiger partial charge in [-0.1, -0.05) is 39.5 Å². The molecule has 0 saturated carbocycles. The van der Waals surface area contributed by atoms with Crippen molar-refractivity contribution < 1.29 is 0 Å². The highest BCUT2D eigenvalue weighted by Crippen LogP contribution is 1.95. The molecule has 0 aromatic rings. The molecule has 0 aromatic heterocycles. The molecule has 1 heteroatoms. The Kier molecular flexibility index (Phi) is 14.9. The van der Waals surface area contributed by atoms with Gasteiger partial charge in [0.1, 0.15) is 0 Å². The third-order valence-corrected chi connectivity index (χ3v) is 1.40. The predicted octanol–water partition coefficient (Wildman–Crippen LogP) is 3.68. The first kappa shape index (κ1) is 13.3. The van der Waals surface area contributed by atoms with Crippen LogP contribution in [0.4, 0.5) is 0 Å². The number of hydrogen-bond donors (Lipinski definition) is 0. The molecule has 0 radical (unpaired) electrons. The second-order valence-electron chi connectivity index (χ2n) is 2.88. The predicted molar refractivity (Wildman–Crippen MR) is 54.5 cm³/mol. The minimum absolute atomic E-state index is 1.13. The van der Waals surface area contributed by atoms with Gasteiger partial charge >= 0.3 is 0 Å². The topological polar surface area (TPSA) is 12.4 Å². The molecule has 0 N–H and O–H groups in total. The van der Waals surface area contributed by atoms with Crippen LogP contribution in [0.15, 0.2) is 4.99 Å². The van der Waals surface area contributed by atoms with Crippen LogP contribution in [-0.4, -0.2) is 12.8 Å². The lowest BCUT2D eigenvalue weighted by molar-refractivity contribution is 0.702. The average molecular weight is 157 g/mol. The summed E-state index contributed by atoms with van der Waals surface area (Å²) in [6, 6.07) is 0. The molecule has 0 atom stereocenters. The molecule has 0 rings (SSSR count). The van der Waals surface area contributed by atoms with Crippen molar-refractivity contribution in [1.82, 2.24) is 0 Å². The fourth-order valence-electron chi connectivity index (χ4n) is 0.500. The van der Waals surface area contributed by atoms with Gasteiger partial charge in [0, 0.05) is 12.8 Å². The van der Waals surface area contributed by atoms with Gasteiger partial charge in [-0.15, -0.1) is 0 Å². The first-order valence-electron chi connectivity index (χ1n) is 4.59. The number of hydrogen-bond acceptors (Lipinski definition) is 1. The monoisotopic (exact) mass is 157 g/mol. The Morgan fingerprint density at radius 3 is 1.36 bits per heavy atom. The van der Waals surface area contributed by atoms with E-state index in [4.69, 9.17) is 0 Å². The van der Waals surface area contributed by atoms with E-state index in [0.29, 0.717) is 0 Å². The Morgan fingerprint density at radius 1 is 1.00 bits per heavy atom. The van der Waals surface area contributed by atoms with Crippen LogP contribution in [0.1, 0.15) is 53.4 Å². The van der Waals surface area contributed by atoms with E-state index in [1.807, 2.05) is 13.8 Å². The molecule has 0 saturated heterocycles. The third-order valence-electron chi connectivity index (χ3n) is 1.40. The molecule has 0 fully saturated rings. The largest absolute Gasteiger partial charge is 0.298 e. The van der Waals surface area contributed by atoms with Crippen molar-refractivity contribution in [2.45, 2.75) is 53.4 Å². The van der Waals surface area contributed by atoms with Crippen molar-refractivity contribution in [1.29, 1.82) is 0 Å². The van der Waals surface area contributed by atoms with E-state index in [9.17, 15) is 0 Å². The molecule has 0 heterocycles. The van der Waals surface area contributed by atoms with Gasteiger partial charge < -0.3 is 0 Å². The lowest BCUT2D eigenvalue weighted by Gasteiger charge is -1.86. The minimum Gasteiger partial charge on any atom is -0.298 e. The molecule has 0 amide bonds. The third kappa shape index (κ3) is 26.1. The average Bonchev–Trinajstić information content (AvgIpc) is 2.02. The molecule has 0 aliphatic rings. The van der Waals surface area contributed by atoms with Crippen LogP contribution in [0, 0.1) is 0 Å². The van der Waals surface area contributed by atoms with Crippen molar-refractivity contribution in [3.05, 3.63) is 0 Å². The molecule has 1 nitrogen and oxygen atoms in total. The summed E-state index contributed by atoms with van der Waals surface area (Å²) >= 11 is 0. The molecule has 0 aromatic carbocycles. The Hall–Kier alpha value is -0.330. The normalized spacial score (nSPS) is 8.09. The summed E-state index contributed by atoms with van der Waals surface area (Å²) in [6.07, 6.45) is 5.54. The summed E-state index contributed by atoms with van der Waals surface area (Å²) in [5, 5.41) is 0. The maximum atomic E-state index is 3.81. The van der Waals surface area contributed by atoms with Crippen LogP contribution in [0.5, 0.6) is 0 Å². The van der Waals surface area contributed by atoms with E-state index in [1.54, 1.807) is 7.05 Å². The smallest absolute Gasteiger partial charge is 0.0276 e. The van der Waals surface area contributed by atoms with Crippen molar-refractivity contribution in [3.63, 3.8) is 0 Å². The van der Waals surface area contributed by atoms with Crippen molar-refractivity contribution in [2.24, 2.45) is 4.99 Å². The SMILES string of the molecule is CCCCCC.CN=C(C)C. The fraction of sp³-hybridized carbons (Fsp3) is 0.900. The summed E-state index contributed by atoms with van der Waals surface area (Å²) in [5.74, 6) is 0. The molecule has 0 bridgehead atoms. The van der Waals surface area contributed by atoms with Gasteiger partial charge in [-0.05, 0) is 13.8 Å². The Bertz CT molecular complexity index is 76.9. The van der Waals surface area contributed by atoms with Gasteiger partial charge in [0.2, 0.25) is 0 Å². The summed E-state index contributed by atoms with van der Waals surface area (Å²) < 4.78 is 0. The van der Waals surface area contributed by atoms with E-state index in [-0.39, 0.29) is 0 Å². The first-order chi connectivity index (χ1) is 5.18. The molecule has 0 spiro atoms. The highest BCUT2D eigenvalue weighted by atomic mass is 14.7. The standard InChI is InChI=1S/C6H14.C4H9N/c1-3-5-6-4-2;1-4(2)5-3/h3-6H2,1-2H3;1-3H3. The summed E-state index contributed by atoms with van der Waals surface area (Å²) in [6.45, 7) is 8.41. The summed E-state index contributed by atoms with van der Waals surface area (Å²) in [7, 11) is 1.79. The van der Waals surface area contributed by atoms with Gasteiger partial charge in [0.15, 0.2) is 0 Å². The molecule has 0 unspecified atom stereocenters. The van der Waals surface area contributed by atoms with Crippen molar-refractivity contribution in [2.75, 3.05) is 7.05 Å². The molecule has 68 valence electrons. The highest BCUT2D eigenvalue weighted by Gasteiger charge is 1.75. The van der Waals surface area contributed by atoms with Gasteiger partial charge in [-0.25, -0.2) is 0 Å². The van der Waals surface area contributed by atoms with E-state index in [0.717, 1.165) is 5.71 Å². The van der Waals surface area contributed by atoms with E-state index in [2.05, 4.69) is 18.8 Å². The van der Waals surface area contributed by atoms with E-state index in [1.165, 1.54) is 25.7 Å². The zero-order valence-electron chi connectivity index (χ0n) is 8.78. The second kappa shape index (κ2) is 12.4. The quantitative estimate of drug-likeness (QED) is 0.437. The molecule has 0 aliphatic carbocycles. The lowest BCUT2D eigenvalue weighted by atomic mass is 10.2. The Morgan fingerprint density at radius 2 is 1.27 bits per heavy atom. The van der Waals surface area contributed by atoms with Crippen molar-refractivity contribution in [3.8, 4) is 0 Å². The zero-order valence-corrected chi connectivity index (χ0v) is 8.78. The lowest BCUT2D eigenvalue weighted by Crippen LogP contribution is -1.74. The molecule has 0 aliphatic heterocycles. The molecular formula is C10H23N. The van der Waals surface area contributed by atoms with Gasteiger partial charge in [0.25, 0.3) is 0 Å². The van der Waals surface area contributed by atoms with Crippen LogP contribution >= 0.6 is 0 Å². The zero-order chi connectivity index (χ0) is 9.11. The minimum atomic E-state index is 1.13. The van der Waals surface area contributed by atoms with E-state index < -0.39 is 0 Å². The number of rotatable bonds is 3. The number of nitrogens with zero attached hydrogens (tertiary/aromatic N) is 1. The van der Waals surface area contributed by atoms with Gasteiger partial charge in [-0.3, -0.25) is 4.99 Å². The van der Waals surface area contributed by atoms with Crippen LogP contribution in [0.2, 0.25) is 0 Å². The van der Waals surface area contributed by atoms with Gasteiger partial charge in [0.05, 0.1) is 0 Å². The van der Waals surface area contributed by atoms with Crippen LogP contribution in [-0.2, 0) is 0 Å². The number of unbranched alkanes of at least 4 members (excludes halogenated alkanes) is 3. The highest BCUT2D eigenvalue weighted by molar-refractivity contribution is 5.78. The first-order valence-corrected chi connectivity index (χ1v) is 4.59. The summed E-state index contributed by atoms with van der Waals surface area (Å²) in [4.78, 5) is 3.81. The van der Waals surface area contributed by atoms with E-state index >= 15 is 0 Å². The Balaban J connectivity index is 0. The molecule has 11 heavy (non-hydrogen) atoms. The number of aliphatic imine (C=N–C) groups is 1. The maximum absolute atomic E-state index is 3.81.